The van der Waals surface area contributed by atoms with Crippen molar-refractivity contribution >= 4 is 5.91 Å². The zero-order valence-corrected chi connectivity index (χ0v) is 8.34. The van der Waals surface area contributed by atoms with Crippen molar-refractivity contribution in [2.24, 2.45) is 11.8 Å². The second kappa shape index (κ2) is 4.42. The molecule has 0 saturated carbocycles. The van der Waals surface area contributed by atoms with E-state index < -0.39 is 0 Å². The Labute approximate surface area is 79.6 Å². The fourth-order valence-corrected chi connectivity index (χ4v) is 1.29. The minimum atomic E-state index is 0.0722. The molecule has 0 bridgehead atoms. The summed E-state index contributed by atoms with van der Waals surface area (Å²) >= 11 is 0. The van der Waals surface area contributed by atoms with Gasteiger partial charge in [-0.25, -0.2) is 0 Å². The molecular formula is C10H18N2O. The summed E-state index contributed by atoms with van der Waals surface area (Å²) in [5.41, 5.74) is 0. The van der Waals surface area contributed by atoms with Gasteiger partial charge in [-0.15, -0.1) is 6.58 Å². The van der Waals surface area contributed by atoms with Crippen molar-refractivity contribution in [2.75, 3.05) is 13.1 Å². The van der Waals surface area contributed by atoms with Crippen molar-refractivity contribution in [3.63, 3.8) is 0 Å². The fourth-order valence-electron chi connectivity index (χ4n) is 1.29. The van der Waals surface area contributed by atoms with Crippen LogP contribution in [0.2, 0.25) is 0 Å². The minimum Gasteiger partial charge on any atom is -0.350 e. The van der Waals surface area contributed by atoms with Gasteiger partial charge < -0.3 is 10.6 Å². The monoisotopic (exact) mass is 182 g/mol. The fraction of sp³-hybridized carbons (Fsp3) is 0.700. The number of hydrogen-bond donors (Lipinski definition) is 2. The lowest BCUT2D eigenvalue weighted by Gasteiger charge is -2.32. The number of carbonyl (C=O) groups is 1. The second-order valence-corrected chi connectivity index (χ2v) is 3.74. The summed E-state index contributed by atoms with van der Waals surface area (Å²) < 4.78 is 0. The van der Waals surface area contributed by atoms with E-state index in [9.17, 15) is 4.79 Å². The molecule has 3 heteroatoms. The molecular weight excluding hydrogens is 164 g/mol. The van der Waals surface area contributed by atoms with E-state index in [4.69, 9.17) is 0 Å². The smallest absolute Gasteiger partial charge is 0.223 e. The van der Waals surface area contributed by atoms with Crippen LogP contribution < -0.4 is 10.6 Å². The molecule has 1 fully saturated rings. The second-order valence-electron chi connectivity index (χ2n) is 3.74. The van der Waals surface area contributed by atoms with Gasteiger partial charge in [0.15, 0.2) is 0 Å². The number of rotatable bonds is 4. The van der Waals surface area contributed by atoms with Gasteiger partial charge in [-0.05, 0) is 25.9 Å². The molecule has 1 heterocycles. The number of carbonyl (C=O) groups excluding carboxylic acids is 1. The first-order valence-corrected chi connectivity index (χ1v) is 4.78. The third-order valence-electron chi connectivity index (χ3n) is 2.66. The average Bonchev–Trinajstić information content (AvgIpc) is 2.00. The molecule has 1 saturated heterocycles. The quantitative estimate of drug-likeness (QED) is 0.623. The van der Waals surface area contributed by atoms with Gasteiger partial charge in [-0.3, -0.25) is 4.79 Å². The molecule has 0 aromatic heterocycles. The summed E-state index contributed by atoms with van der Waals surface area (Å²) in [6.07, 6.45) is 1.74. The maximum Gasteiger partial charge on any atom is 0.223 e. The molecule has 0 radical (unpaired) electrons. The van der Waals surface area contributed by atoms with Gasteiger partial charge in [0, 0.05) is 12.0 Å². The summed E-state index contributed by atoms with van der Waals surface area (Å²) in [6.45, 7) is 9.47. The van der Waals surface area contributed by atoms with Crippen LogP contribution in [-0.2, 0) is 4.79 Å². The Morgan fingerprint density at radius 1 is 1.62 bits per heavy atom. The van der Waals surface area contributed by atoms with E-state index in [1.54, 1.807) is 6.08 Å². The normalized spacial score (nSPS) is 21.4. The van der Waals surface area contributed by atoms with E-state index in [1.807, 2.05) is 13.8 Å². The Balaban J connectivity index is 2.32. The summed E-state index contributed by atoms with van der Waals surface area (Å²) in [5, 5.41) is 6.06. The molecule has 3 nitrogen and oxygen atoms in total. The van der Waals surface area contributed by atoms with Gasteiger partial charge in [-0.1, -0.05) is 13.0 Å². The maximum atomic E-state index is 11.6. The van der Waals surface area contributed by atoms with E-state index in [0.29, 0.717) is 5.92 Å². The molecule has 1 rings (SSSR count). The molecule has 2 N–H and O–H groups in total. The predicted octanol–water partition coefficient (Wildman–Crippen LogP) is 0.533. The summed E-state index contributed by atoms with van der Waals surface area (Å²) in [5.74, 6) is 0.763. The first-order valence-electron chi connectivity index (χ1n) is 4.78. The largest absolute Gasteiger partial charge is 0.350 e. The van der Waals surface area contributed by atoms with Gasteiger partial charge >= 0.3 is 0 Å². The Hall–Kier alpha value is -0.830. The number of hydrogen-bond acceptors (Lipinski definition) is 2. The van der Waals surface area contributed by atoms with Gasteiger partial charge in [0.25, 0.3) is 0 Å². The predicted molar refractivity (Wildman–Crippen MR) is 53.3 cm³/mol. The van der Waals surface area contributed by atoms with Crippen molar-refractivity contribution in [1.29, 1.82) is 0 Å². The lowest BCUT2D eigenvalue weighted by Crippen LogP contribution is -2.50. The van der Waals surface area contributed by atoms with Crippen LogP contribution in [0.4, 0.5) is 0 Å². The third kappa shape index (κ3) is 2.56. The SMILES string of the molecule is C=CC(C)NC(=O)C(C)C1CNC1. The summed E-state index contributed by atoms with van der Waals surface area (Å²) in [7, 11) is 0. The van der Waals surface area contributed by atoms with E-state index >= 15 is 0 Å². The third-order valence-corrected chi connectivity index (χ3v) is 2.66. The Morgan fingerprint density at radius 3 is 2.62 bits per heavy atom. The van der Waals surface area contributed by atoms with Crippen molar-refractivity contribution in [3.8, 4) is 0 Å². The van der Waals surface area contributed by atoms with Crippen LogP contribution in [0.25, 0.3) is 0 Å². The maximum absolute atomic E-state index is 11.6. The van der Waals surface area contributed by atoms with Crippen LogP contribution in [0.15, 0.2) is 12.7 Å². The molecule has 0 aromatic rings. The van der Waals surface area contributed by atoms with Crippen LogP contribution in [0.1, 0.15) is 13.8 Å². The molecule has 13 heavy (non-hydrogen) atoms. The zero-order chi connectivity index (χ0) is 9.84. The molecule has 74 valence electrons. The van der Waals surface area contributed by atoms with Crippen molar-refractivity contribution in [2.45, 2.75) is 19.9 Å². The molecule has 1 aliphatic rings. The van der Waals surface area contributed by atoms with Gasteiger partial charge in [0.05, 0.1) is 0 Å². The zero-order valence-electron chi connectivity index (χ0n) is 8.34. The summed E-state index contributed by atoms with van der Waals surface area (Å²) in [4.78, 5) is 11.6. The Kier molecular flexibility index (Phi) is 3.48. The standard InChI is InChI=1S/C10H18N2O/c1-4-7(2)12-10(13)8(3)9-5-11-6-9/h4,7-9,11H,1,5-6H2,2-3H3,(H,12,13). The minimum absolute atomic E-state index is 0.0722. The summed E-state index contributed by atoms with van der Waals surface area (Å²) in [6, 6.07) is 0.0722. The lowest BCUT2D eigenvalue weighted by atomic mass is 9.88. The highest BCUT2D eigenvalue weighted by Gasteiger charge is 2.28. The highest BCUT2D eigenvalue weighted by Crippen LogP contribution is 2.15. The molecule has 0 aromatic carbocycles. The van der Waals surface area contributed by atoms with Crippen molar-refractivity contribution in [3.05, 3.63) is 12.7 Å². The number of amides is 1. The van der Waals surface area contributed by atoms with Gasteiger partial charge in [0.1, 0.15) is 0 Å². The topological polar surface area (TPSA) is 41.1 Å². The van der Waals surface area contributed by atoms with E-state index in [-0.39, 0.29) is 17.9 Å². The molecule has 1 amide bonds. The molecule has 1 aliphatic heterocycles. The van der Waals surface area contributed by atoms with Crippen LogP contribution in [-0.4, -0.2) is 25.0 Å². The van der Waals surface area contributed by atoms with Crippen LogP contribution in [0.5, 0.6) is 0 Å². The Morgan fingerprint density at radius 2 is 2.23 bits per heavy atom. The molecule has 0 spiro atoms. The average molecular weight is 182 g/mol. The van der Waals surface area contributed by atoms with E-state index in [0.717, 1.165) is 13.1 Å². The van der Waals surface area contributed by atoms with E-state index in [2.05, 4.69) is 17.2 Å². The van der Waals surface area contributed by atoms with Crippen LogP contribution in [0.3, 0.4) is 0 Å². The first kappa shape index (κ1) is 10.3. The first-order chi connectivity index (χ1) is 6.15. The molecule has 2 atom stereocenters. The lowest BCUT2D eigenvalue weighted by molar-refractivity contribution is -0.127. The Bertz CT molecular complexity index is 199. The van der Waals surface area contributed by atoms with Crippen LogP contribution >= 0.6 is 0 Å². The van der Waals surface area contributed by atoms with E-state index in [1.165, 1.54) is 0 Å². The van der Waals surface area contributed by atoms with Gasteiger partial charge in [-0.2, -0.15) is 0 Å². The molecule has 0 aliphatic carbocycles. The highest BCUT2D eigenvalue weighted by molar-refractivity contribution is 5.79. The number of nitrogens with one attached hydrogen (secondary N) is 2. The highest BCUT2D eigenvalue weighted by atomic mass is 16.1. The van der Waals surface area contributed by atoms with Crippen molar-refractivity contribution in [1.82, 2.24) is 10.6 Å². The molecule has 2 unspecified atom stereocenters. The van der Waals surface area contributed by atoms with Gasteiger partial charge in [0.2, 0.25) is 5.91 Å². The van der Waals surface area contributed by atoms with Crippen molar-refractivity contribution < 1.29 is 4.79 Å². The van der Waals surface area contributed by atoms with Crippen LogP contribution in [0, 0.1) is 11.8 Å².